The van der Waals surface area contributed by atoms with Gasteiger partial charge in [-0.05, 0) is 29.7 Å². The molecule has 1 atom stereocenters. The summed E-state index contributed by atoms with van der Waals surface area (Å²) in [6, 6.07) is 6.73. The zero-order valence-corrected chi connectivity index (χ0v) is 12.7. The number of aliphatic hydroxyl groups excluding tert-OH is 1. The third-order valence-corrected chi connectivity index (χ3v) is 4.45. The molecule has 0 fully saturated rings. The van der Waals surface area contributed by atoms with Gasteiger partial charge in [-0.1, -0.05) is 20.8 Å². The van der Waals surface area contributed by atoms with Crippen LogP contribution in [-0.2, 0) is 5.41 Å². The largest absolute Gasteiger partial charge is 0.467 e. The summed E-state index contributed by atoms with van der Waals surface area (Å²) in [5, 5.41) is 12.1. The highest BCUT2D eigenvalue weighted by atomic mass is 32.1. The van der Waals surface area contributed by atoms with Crippen LogP contribution in [0.5, 0.6) is 0 Å². The lowest BCUT2D eigenvalue weighted by atomic mass is 9.95. The van der Waals surface area contributed by atoms with Gasteiger partial charge in [0.2, 0.25) is 0 Å². The van der Waals surface area contributed by atoms with Gasteiger partial charge in [-0.25, -0.2) is 0 Å². The maximum absolute atomic E-state index is 12.2. The van der Waals surface area contributed by atoms with E-state index in [-0.39, 0.29) is 17.9 Å². The number of thiophene rings is 1. The second-order valence-electron chi connectivity index (χ2n) is 5.64. The SMILES string of the molecule is CC(C)(C)c1ccc(C(=O)NC(CO)c2ccco2)s1. The Bertz CT molecular complexity index is 566. The zero-order chi connectivity index (χ0) is 14.8. The van der Waals surface area contributed by atoms with Crippen LogP contribution in [0.3, 0.4) is 0 Å². The van der Waals surface area contributed by atoms with Crippen LogP contribution in [0.15, 0.2) is 34.9 Å². The molecule has 0 aliphatic heterocycles. The van der Waals surface area contributed by atoms with E-state index in [0.29, 0.717) is 10.6 Å². The average Bonchev–Trinajstić information content (AvgIpc) is 3.04. The summed E-state index contributed by atoms with van der Waals surface area (Å²) in [5.41, 5.74) is 0.0284. The Morgan fingerprint density at radius 3 is 2.65 bits per heavy atom. The van der Waals surface area contributed by atoms with Gasteiger partial charge in [0.15, 0.2) is 0 Å². The van der Waals surface area contributed by atoms with Crippen molar-refractivity contribution in [1.82, 2.24) is 5.32 Å². The molecule has 0 saturated carbocycles. The number of hydrogen-bond donors (Lipinski definition) is 2. The van der Waals surface area contributed by atoms with Gasteiger partial charge < -0.3 is 14.8 Å². The molecule has 1 unspecified atom stereocenters. The molecular formula is C15H19NO3S. The average molecular weight is 293 g/mol. The number of carbonyl (C=O) groups excluding carboxylic acids is 1. The van der Waals surface area contributed by atoms with Crippen molar-refractivity contribution in [3.8, 4) is 0 Å². The fourth-order valence-corrected chi connectivity index (χ4v) is 2.76. The summed E-state index contributed by atoms with van der Waals surface area (Å²) in [5.74, 6) is 0.356. The van der Waals surface area contributed by atoms with Crippen LogP contribution in [0.2, 0.25) is 0 Å². The summed E-state index contributed by atoms with van der Waals surface area (Å²) < 4.78 is 5.21. The molecule has 0 radical (unpaired) electrons. The zero-order valence-electron chi connectivity index (χ0n) is 11.8. The van der Waals surface area contributed by atoms with Gasteiger partial charge in [0, 0.05) is 4.88 Å². The van der Waals surface area contributed by atoms with E-state index in [4.69, 9.17) is 4.42 Å². The molecule has 2 heterocycles. The van der Waals surface area contributed by atoms with E-state index in [0.717, 1.165) is 4.88 Å². The van der Waals surface area contributed by atoms with Crippen LogP contribution in [0.25, 0.3) is 0 Å². The van der Waals surface area contributed by atoms with Crippen molar-refractivity contribution in [2.75, 3.05) is 6.61 Å². The highest BCUT2D eigenvalue weighted by molar-refractivity contribution is 7.14. The Labute approximate surface area is 122 Å². The molecule has 0 aliphatic carbocycles. The normalized spacial score (nSPS) is 13.2. The summed E-state index contributed by atoms with van der Waals surface area (Å²) >= 11 is 1.47. The van der Waals surface area contributed by atoms with Crippen LogP contribution >= 0.6 is 11.3 Å². The third kappa shape index (κ3) is 3.29. The molecule has 0 aromatic carbocycles. The minimum atomic E-state index is -0.516. The lowest BCUT2D eigenvalue weighted by Crippen LogP contribution is -2.29. The number of amides is 1. The van der Waals surface area contributed by atoms with E-state index < -0.39 is 6.04 Å². The van der Waals surface area contributed by atoms with E-state index >= 15 is 0 Å². The number of carbonyl (C=O) groups is 1. The lowest BCUT2D eigenvalue weighted by Gasteiger charge is -2.15. The van der Waals surface area contributed by atoms with E-state index in [1.807, 2.05) is 12.1 Å². The number of nitrogens with one attached hydrogen (secondary N) is 1. The van der Waals surface area contributed by atoms with E-state index in [1.165, 1.54) is 17.6 Å². The van der Waals surface area contributed by atoms with Crippen molar-refractivity contribution < 1.29 is 14.3 Å². The summed E-state index contributed by atoms with van der Waals surface area (Å²) in [7, 11) is 0. The second-order valence-corrected chi connectivity index (χ2v) is 6.72. The highest BCUT2D eigenvalue weighted by Gasteiger charge is 2.21. The summed E-state index contributed by atoms with van der Waals surface area (Å²) in [4.78, 5) is 14.0. The lowest BCUT2D eigenvalue weighted by molar-refractivity contribution is 0.0911. The molecule has 4 nitrogen and oxygen atoms in total. The van der Waals surface area contributed by atoms with Gasteiger partial charge >= 0.3 is 0 Å². The monoisotopic (exact) mass is 293 g/mol. The molecule has 2 aromatic heterocycles. The molecule has 0 bridgehead atoms. The molecule has 0 aliphatic rings. The quantitative estimate of drug-likeness (QED) is 0.910. The topological polar surface area (TPSA) is 62.5 Å². The third-order valence-electron chi connectivity index (χ3n) is 2.94. The van der Waals surface area contributed by atoms with Crippen molar-refractivity contribution in [3.63, 3.8) is 0 Å². The van der Waals surface area contributed by atoms with Crippen LogP contribution in [0.4, 0.5) is 0 Å². The fraction of sp³-hybridized carbons (Fsp3) is 0.400. The summed E-state index contributed by atoms with van der Waals surface area (Å²) in [6.07, 6.45) is 1.52. The molecule has 2 N–H and O–H groups in total. The Kier molecular flexibility index (Phi) is 4.30. The van der Waals surface area contributed by atoms with Crippen LogP contribution < -0.4 is 5.32 Å². The Hall–Kier alpha value is -1.59. The van der Waals surface area contributed by atoms with Gasteiger partial charge in [-0.2, -0.15) is 0 Å². The molecule has 108 valence electrons. The molecule has 2 aromatic rings. The molecule has 1 amide bonds. The van der Waals surface area contributed by atoms with Crippen molar-refractivity contribution in [2.45, 2.75) is 32.2 Å². The molecule has 2 rings (SSSR count). The second kappa shape index (κ2) is 5.81. The Morgan fingerprint density at radius 1 is 1.40 bits per heavy atom. The number of furan rings is 1. The van der Waals surface area contributed by atoms with Crippen LogP contribution in [0.1, 0.15) is 47.1 Å². The van der Waals surface area contributed by atoms with E-state index in [9.17, 15) is 9.90 Å². The maximum Gasteiger partial charge on any atom is 0.262 e. The number of rotatable bonds is 4. The van der Waals surface area contributed by atoms with Gasteiger partial charge in [0.1, 0.15) is 11.8 Å². The van der Waals surface area contributed by atoms with Crippen LogP contribution in [0, 0.1) is 0 Å². The first-order valence-electron chi connectivity index (χ1n) is 6.47. The summed E-state index contributed by atoms with van der Waals surface area (Å²) in [6.45, 7) is 6.14. The molecule has 0 saturated heterocycles. The van der Waals surface area contributed by atoms with Gasteiger partial charge in [0.25, 0.3) is 5.91 Å². The highest BCUT2D eigenvalue weighted by Crippen LogP contribution is 2.29. The number of aliphatic hydroxyl groups is 1. The standard InChI is InChI=1S/C15H19NO3S/c1-15(2,3)13-7-6-12(20-13)14(18)16-10(9-17)11-5-4-8-19-11/h4-8,10,17H,9H2,1-3H3,(H,16,18). The van der Waals surface area contributed by atoms with Gasteiger partial charge in [-0.15, -0.1) is 11.3 Å². The fourth-order valence-electron chi connectivity index (χ4n) is 1.79. The molecule has 0 spiro atoms. The Balaban J connectivity index is 2.10. The molecule has 5 heteroatoms. The minimum Gasteiger partial charge on any atom is -0.467 e. The van der Waals surface area contributed by atoms with Crippen molar-refractivity contribution in [2.24, 2.45) is 0 Å². The predicted molar refractivity (Wildman–Crippen MR) is 79.0 cm³/mol. The van der Waals surface area contributed by atoms with E-state index in [2.05, 4.69) is 26.1 Å². The van der Waals surface area contributed by atoms with Gasteiger partial charge in [-0.3, -0.25) is 4.79 Å². The number of hydrogen-bond acceptors (Lipinski definition) is 4. The first-order chi connectivity index (χ1) is 9.41. The van der Waals surface area contributed by atoms with E-state index in [1.54, 1.807) is 12.1 Å². The maximum atomic E-state index is 12.2. The van der Waals surface area contributed by atoms with Crippen molar-refractivity contribution in [1.29, 1.82) is 0 Å². The predicted octanol–water partition coefficient (Wildman–Crippen LogP) is 3.10. The Morgan fingerprint density at radius 2 is 2.15 bits per heavy atom. The van der Waals surface area contributed by atoms with Crippen molar-refractivity contribution >= 4 is 17.2 Å². The first kappa shape index (κ1) is 14.8. The van der Waals surface area contributed by atoms with Crippen molar-refractivity contribution in [3.05, 3.63) is 46.0 Å². The van der Waals surface area contributed by atoms with Crippen LogP contribution in [-0.4, -0.2) is 17.6 Å². The first-order valence-corrected chi connectivity index (χ1v) is 7.29. The minimum absolute atomic E-state index is 0.0284. The smallest absolute Gasteiger partial charge is 0.262 e. The van der Waals surface area contributed by atoms with Gasteiger partial charge in [0.05, 0.1) is 17.7 Å². The molecular weight excluding hydrogens is 274 g/mol. The molecule has 20 heavy (non-hydrogen) atoms.